The molecule has 0 aliphatic carbocycles. The Labute approximate surface area is 260 Å². The van der Waals surface area contributed by atoms with Gasteiger partial charge < -0.3 is 4.90 Å². The maximum Gasteiger partial charge on any atom is 0.269 e. The summed E-state index contributed by atoms with van der Waals surface area (Å²) >= 11 is 5.44. The van der Waals surface area contributed by atoms with Crippen LogP contribution in [-0.4, -0.2) is 4.92 Å². The normalized spacial score (nSPS) is 11.7. The van der Waals surface area contributed by atoms with Crippen molar-refractivity contribution >= 4 is 99.9 Å². The second kappa shape index (κ2) is 11.8. The van der Waals surface area contributed by atoms with Crippen molar-refractivity contribution in [2.24, 2.45) is 0 Å². The zero-order valence-corrected chi connectivity index (χ0v) is 25.2. The lowest BCUT2D eigenvalue weighted by Crippen LogP contribution is -2.09. The van der Waals surface area contributed by atoms with Crippen molar-refractivity contribution < 1.29 is 4.92 Å². The van der Waals surface area contributed by atoms with E-state index in [9.17, 15) is 10.1 Å². The SMILES string of the molecule is O=[N+]([O-])c1ccc(/C=C/c2cc3sc4cc(/C=C/c5ccc(N(c6ccccc6)c6ccccc6)cc5)sc4c3s2)cc1. The Balaban J connectivity index is 1.09. The number of hydrogen-bond donors (Lipinski definition) is 0. The predicted molar refractivity (Wildman–Crippen MR) is 187 cm³/mol. The molecule has 0 unspecified atom stereocenters. The molecule has 0 bridgehead atoms. The average Bonchev–Trinajstić information content (AvgIpc) is 3.72. The average molecular weight is 613 g/mol. The van der Waals surface area contributed by atoms with E-state index in [4.69, 9.17) is 0 Å². The first-order valence-electron chi connectivity index (χ1n) is 13.7. The highest BCUT2D eigenvalue weighted by Gasteiger charge is 2.13. The minimum atomic E-state index is -0.376. The molecule has 4 nitrogen and oxygen atoms in total. The molecular formula is C36H24N2O2S3. The van der Waals surface area contributed by atoms with Crippen molar-refractivity contribution in [1.29, 1.82) is 0 Å². The number of thiophene rings is 3. The number of rotatable bonds is 8. The molecule has 0 saturated heterocycles. The van der Waals surface area contributed by atoms with E-state index < -0.39 is 0 Å². The first-order valence-corrected chi connectivity index (χ1v) is 16.1. The Morgan fingerprint density at radius 2 is 0.977 bits per heavy atom. The van der Waals surface area contributed by atoms with Gasteiger partial charge in [0.25, 0.3) is 5.69 Å². The van der Waals surface area contributed by atoms with E-state index in [2.05, 4.69) is 108 Å². The van der Waals surface area contributed by atoms with Gasteiger partial charge in [-0.2, -0.15) is 0 Å². The Bertz CT molecular complexity index is 2050. The summed E-state index contributed by atoms with van der Waals surface area (Å²) in [5.74, 6) is 0. The van der Waals surface area contributed by atoms with Crippen LogP contribution in [0.15, 0.2) is 121 Å². The molecule has 0 N–H and O–H groups in total. The number of nitro groups is 1. The zero-order valence-electron chi connectivity index (χ0n) is 22.8. The smallest absolute Gasteiger partial charge is 0.269 e. The van der Waals surface area contributed by atoms with Gasteiger partial charge in [0.15, 0.2) is 0 Å². The highest BCUT2D eigenvalue weighted by atomic mass is 32.1. The molecule has 0 atom stereocenters. The van der Waals surface area contributed by atoms with Crippen LogP contribution in [0.5, 0.6) is 0 Å². The van der Waals surface area contributed by atoms with Gasteiger partial charge in [0.1, 0.15) is 0 Å². The van der Waals surface area contributed by atoms with E-state index in [-0.39, 0.29) is 10.6 Å². The largest absolute Gasteiger partial charge is 0.311 e. The van der Waals surface area contributed by atoms with Crippen LogP contribution < -0.4 is 4.90 Å². The first kappa shape index (κ1) is 27.0. The second-order valence-corrected chi connectivity index (χ2v) is 13.2. The van der Waals surface area contributed by atoms with Gasteiger partial charge in [0.05, 0.1) is 14.3 Å². The maximum atomic E-state index is 10.9. The van der Waals surface area contributed by atoms with Crippen LogP contribution in [0.3, 0.4) is 0 Å². The van der Waals surface area contributed by atoms with Crippen LogP contribution in [0.25, 0.3) is 43.1 Å². The summed E-state index contributed by atoms with van der Waals surface area (Å²) in [5, 5.41) is 10.9. The zero-order chi connectivity index (χ0) is 29.2. The minimum absolute atomic E-state index is 0.105. The molecule has 208 valence electrons. The standard InChI is InChI=1S/C36H24N2O2S3/c39-38(40)30-19-13-26(14-20-30)16-22-32-24-34-36(42-32)35-33(43-34)23-31(41-35)21-15-25-11-17-29(18-12-25)37(27-7-3-1-4-8-27)28-9-5-2-6-10-28/h1-24H/b21-15+,22-16+. The van der Waals surface area contributed by atoms with Crippen LogP contribution in [-0.2, 0) is 0 Å². The van der Waals surface area contributed by atoms with Crippen LogP contribution >= 0.6 is 34.0 Å². The summed E-state index contributed by atoms with van der Waals surface area (Å²) in [6.45, 7) is 0. The molecule has 7 heteroatoms. The fourth-order valence-corrected chi connectivity index (χ4v) is 8.78. The van der Waals surface area contributed by atoms with Crippen LogP contribution in [0.2, 0.25) is 0 Å². The van der Waals surface area contributed by atoms with E-state index in [0.29, 0.717) is 0 Å². The molecule has 43 heavy (non-hydrogen) atoms. The Kier molecular flexibility index (Phi) is 7.43. The van der Waals surface area contributed by atoms with Gasteiger partial charge >= 0.3 is 0 Å². The fraction of sp³-hybridized carbons (Fsp3) is 0. The first-order chi connectivity index (χ1) is 21.1. The summed E-state index contributed by atoms with van der Waals surface area (Å²) in [6.07, 6.45) is 8.47. The van der Waals surface area contributed by atoms with Gasteiger partial charge in [-0.15, -0.1) is 34.0 Å². The number of anilines is 3. The number of para-hydroxylation sites is 2. The lowest BCUT2D eigenvalue weighted by molar-refractivity contribution is -0.384. The molecule has 7 rings (SSSR count). The van der Waals surface area contributed by atoms with E-state index in [1.807, 2.05) is 40.9 Å². The lowest BCUT2D eigenvalue weighted by atomic mass is 10.1. The quantitative estimate of drug-likeness (QED) is 0.127. The summed E-state index contributed by atoms with van der Waals surface area (Å²) < 4.78 is 5.26. The Morgan fingerprint density at radius 1 is 0.535 bits per heavy atom. The van der Waals surface area contributed by atoms with Crippen molar-refractivity contribution in [1.82, 2.24) is 0 Å². The number of nitrogens with zero attached hydrogens (tertiary/aromatic N) is 2. The van der Waals surface area contributed by atoms with E-state index in [1.54, 1.807) is 23.5 Å². The lowest BCUT2D eigenvalue weighted by Gasteiger charge is -2.25. The topological polar surface area (TPSA) is 46.4 Å². The number of nitro benzene ring substituents is 1. The van der Waals surface area contributed by atoms with Gasteiger partial charge in [-0.1, -0.05) is 60.7 Å². The minimum Gasteiger partial charge on any atom is -0.311 e. The maximum absolute atomic E-state index is 10.9. The molecule has 0 fully saturated rings. The molecule has 0 aliphatic heterocycles. The van der Waals surface area contributed by atoms with E-state index in [1.165, 1.54) is 40.7 Å². The summed E-state index contributed by atoms with van der Waals surface area (Å²) in [6, 6.07) is 40.7. The van der Waals surface area contributed by atoms with Crippen molar-refractivity contribution in [2.45, 2.75) is 0 Å². The molecule has 3 aromatic heterocycles. The monoisotopic (exact) mass is 612 g/mol. The summed E-state index contributed by atoms with van der Waals surface area (Å²) in [7, 11) is 0. The van der Waals surface area contributed by atoms with Crippen molar-refractivity contribution in [3.8, 4) is 0 Å². The number of hydrogen-bond acceptors (Lipinski definition) is 6. The Hall–Kier alpha value is -4.82. The third-order valence-corrected chi connectivity index (χ3v) is 10.7. The number of non-ortho nitro benzene ring substituents is 1. The van der Waals surface area contributed by atoms with Gasteiger partial charge in [-0.05, 0) is 83.9 Å². The molecular weight excluding hydrogens is 589 g/mol. The fourth-order valence-electron chi connectivity index (χ4n) is 4.94. The molecule has 4 aromatic carbocycles. The molecule has 0 radical (unpaired) electrons. The van der Waals surface area contributed by atoms with Crippen LogP contribution in [0, 0.1) is 10.1 Å². The van der Waals surface area contributed by atoms with E-state index in [0.717, 1.165) is 28.2 Å². The van der Waals surface area contributed by atoms with Gasteiger partial charge in [0.2, 0.25) is 0 Å². The predicted octanol–water partition coefficient (Wildman–Crippen LogP) is 11.9. The molecule has 3 heterocycles. The third-order valence-electron chi connectivity index (χ3n) is 7.02. The third kappa shape index (κ3) is 5.79. The highest BCUT2D eigenvalue weighted by Crippen LogP contribution is 2.44. The molecule has 0 saturated carbocycles. The number of benzene rings is 4. The molecule has 0 spiro atoms. The van der Waals surface area contributed by atoms with Crippen LogP contribution in [0.4, 0.5) is 22.7 Å². The number of fused-ring (bicyclic) bond motifs is 3. The second-order valence-electron chi connectivity index (χ2n) is 9.90. The van der Waals surface area contributed by atoms with Gasteiger partial charge in [0, 0.05) is 48.3 Å². The Morgan fingerprint density at radius 3 is 1.44 bits per heavy atom. The summed E-state index contributed by atoms with van der Waals surface area (Å²) in [4.78, 5) is 15.2. The molecule has 0 amide bonds. The summed E-state index contributed by atoms with van der Waals surface area (Å²) in [5.41, 5.74) is 5.57. The van der Waals surface area contributed by atoms with Gasteiger partial charge in [-0.25, -0.2) is 0 Å². The van der Waals surface area contributed by atoms with Crippen molar-refractivity contribution in [2.75, 3.05) is 4.90 Å². The van der Waals surface area contributed by atoms with Crippen molar-refractivity contribution in [3.05, 3.63) is 152 Å². The molecule has 0 aliphatic rings. The van der Waals surface area contributed by atoms with Crippen LogP contribution in [0.1, 0.15) is 20.9 Å². The van der Waals surface area contributed by atoms with Gasteiger partial charge in [-0.3, -0.25) is 10.1 Å². The van der Waals surface area contributed by atoms with Crippen molar-refractivity contribution in [3.63, 3.8) is 0 Å². The highest BCUT2D eigenvalue weighted by molar-refractivity contribution is 7.38. The molecule has 7 aromatic rings. The van der Waals surface area contributed by atoms with E-state index >= 15 is 0 Å².